The molecule has 1 unspecified atom stereocenters. The maximum absolute atomic E-state index is 14.2. The molecule has 0 saturated heterocycles. The molecule has 230 valence electrons. The summed E-state index contributed by atoms with van der Waals surface area (Å²) >= 11 is 1.04. The zero-order chi connectivity index (χ0) is 32.4. The average molecular weight is 618 g/mol. The Morgan fingerprint density at radius 1 is 1.10 bits per heavy atom. The van der Waals surface area contributed by atoms with Gasteiger partial charge in [-0.2, -0.15) is 8.78 Å². The Kier molecular flexibility index (Phi) is 13.1. The Hall–Kier alpha value is -4.47. The maximum Gasteiger partial charge on any atom is 0.374 e. The van der Waals surface area contributed by atoms with Crippen molar-refractivity contribution in [2.45, 2.75) is 52.0 Å². The minimum absolute atomic E-state index is 0.0823. The molecule has 0 radical (unpaired) electrons. The first-order valence-corrected chi connectivity index (χ1v) is 12.9. The number of nitrogen functional groups attached to an aromatic ring is 1. The number of carboxylic acid groups (broad SMARTS) is 3. The molecule has 2 aromatic rings. The molecule has 1 aromatic carbocycles. The van der Waals surface area contributed by atoms with Gasteiger partial charge in [0.2, 0.25) is 5.91 Å². The third-order valence-electron chi connectivity index (χ3n) is 5.25. The van der Waals surface area contributed by atoms with Crippen LogP contribution in [0.25, 0.3) is 0 Å². The van der Waals surface area contributed by atoms with E-state index in [1.165, 1.54) is 18.2 Å². The molecule has 16 heteroatoms. The summed E-state index contributed by atoms with van der Waals surface area (Å²) in [6.07, 6.45) is -0.173. The molecule has 2 rings (SSSR count). The zero-order valence-corrected chi connectivity index (χ0v) is 23.5. The molecule has 0 spiro atoms. The van der Waals surface area contributed by atoms with E-state index in [0.29, 0.717) is 18.2 Å². The van der Waals surface area contributed by atoms with E-state index in [1.807, 2.05) is 13.8 Å². The molecular weight excluding hydrogens is 587 g/mol. The highest BCUT2D eigenvalue weighted by Gasteiger charge is 2.31. The van der Waals surface area contributed by atoms with E-state index in [-0.39, 0.29) is 34.4 Å². The number of aliphatic carboxylic acids is 3. The van der Waals surface area contributed by atoms with Crippen molar-refractivity contribution in [2.24, 2.45) is 17.6 Å². The van der Waals surface area contributed by atoms with E-state index in [2.05, 4.69) is 5.32 Å². The first-order chi connectivity index (χ1) is 19.3. The molecule has 1 aromatic heterocycles. The molecule has 0 aliphatic rings. The van der Waals surface area contributed by atoms with Gasteiger partial charge in [0, 0.05) is 23.3 Å². The number of esters is 1. The van der Waals surface area contributed by atoms with Gasteiger partial charge in [-0.1, -0.05) is 13.8 Å². The maximum atomic E-state index is 14.2. The lowest BCUT2D eigenvalue weighted by Crippen LogP contribution is -2.45. The van der Waals surface area contributed by atoms with Crippen molar-refractivity contribution in [3.05, 3.63) is 51.5 Å². The van der Waals surface area contributed by atoms with Gasteiger partial charge in [0.05, 0.1) is 6.42 Å². The number of carbonyl (C=O) groups is 5. The van der Waals surface area contributed by atoms with Gasteiger partial charge >= 0.3 is 29.8 Å². The van der Waals surface area contributed by atoms with Crippen LogP contribution >= 0.6 is 11.3 Å². The van der Waals surface area contributed by atoms with Crippen molar-refractivity contribution in [1.82, 2.24) is 5.32 Å². The van der Waals surface area contributed by atoms with Crippen LogP contribution in [0.15, 0.2) is 30.3 Å². The van der Waals surface area contributed by atoms with Gasteiger partial charge in [-0.05, 0) is 49.1 Å². The number of ether oxygens (including phenoxy) is 1. The standard InChI is InChI=1S/C23H26FN3O7S.C3H4F2O2/c1-11(2)7-13(21(30)27-16(22(31)32)10-19(28)29)8-14-4-6-18(35-14)23(33)34-17-5-3-12(20(25)26)9-15(17)24;1-3(4,5)2(6)7/h3-6,9,11,13,16H,7-8,10H2,1-2H3,(H3,25,26)(H,27,30)(H,28,29)(H,31,32);1H3,(H,6,7)/t13-,16?;/m1./s1. The van der Waals surface area contributed by atoms with Crippen LogP contribution in [-0.2, 0) is 25.6 Å². The summed E-state index contributed by atoms with van der Waals surface area (Å²) in [5.41, 5.74) is 5.45. The number of nitrogens with two attached hydrogens (primary N) is 1. The summed E-state index contributed by atoms with van der Waals surface area (Å²) in [4.78, 5) is 57.5. The molecule has 7 N–H and O–H groups in total. The summed E-state index contributed by atoms with van der Waals surface area (Å²) in [6, 6.07) is 5.04. The quantitative estimate of drug-likeness (QED) is 0.0833. The second-order valence-electron chi connectivity index (χ2n) is 9.44. The number of hydrogen-bond donors (Lipinski definition) is 6. The SMILES string of the molecule is CC(C)C[C@H](Cc1ccc(C(=O)Oc2ccc(C(=N)N)cc2F)s1)C(=O)NC(CC(=O)O)C(=O)O.CC(F)(F)C(=O)O. The van der Waals surface area contributed by atoms with Crippen molar-refractivity contribution in [3.63, 3.8) is 0 Å². The lowest BCUT2D eigenvalue weighted by molar-refractivity contribution is -0.162. The Morgan fingerprint density at radius 2 is 1.69 bits per heavy atom. The number of amides is 1. The summed E-state index contributed by atoms with van der Waals surface area (Å²) in [6.45, 7) is 4.10. The van der Waals surface area contributed by atoms with Crippen molar-refractivity contribution < 1.29 is 57.2 Å². The predicted octanol–water partition coefficient (Wildman–Crippen LogP) is 3.37. The van der Waals surface area contributed by atoms with E-state index in [9.17, 15) is 42.3 Å². The second-order valence-corrected chi connectivity index (χ2v) is 10.6. The number of amidine groups is 1. The van der Waals surface area contributed by atoms with E-state index >= 15 is 0 Å². The largest absolute Gasteiger partial charge is 0.481 e. The van der Waals surface area contributed by atoms with Crippen LogP contribution in [0, 0.1) is 23.1 Å². The molecule has 0 aliphatic heterocycles. The number of rotatable bonds is 13. The molecule has 42 heavy (non-hydrogen) atoms. The number of hydrogen-bond acceptors (Lipinski definition) is 8. The third kappa shape index (κ3) is 12.0. The predicted molar refractivity (Wildman–Crippen MR) is 143 cm³/mol. The normalized spacial score (nSPS) is 12.4. The Balaban J connectivity index is 0.00000112. The number of thiophene rings is 1. The number of benzene rings is 1. The van der Waals surface area contributed by atoms with Crippen LogP contribution in [0.5, 0.6) is 5.75 Å². The number of carboxylic acids is 3. The first-order valence-electron chi connectivity index (χ1n) is 12.1. The molecule has 0 saturated carbocycles. The summed E-state index contributed by atoms with van der Waals surface area (Å²) < 4.78 is 41.8. The van der Waals surface area contributed by atoms with Gasteiger partial charge in [0.15, 0.2) is 11.6 Å². The van der Waals surface area contributed by atoms with Crippen LogP contribution < -0.4 is 15.8 Å². The molecule has 0 bridgehead atoms. The minimum Gasteiger partial charge on any atom is -0.481 e. The van der Waals surface area contributed by atoms with Gasteiger partial charge in [0.1, 0.15) is 16.8 Å². The molecule has 0 aliphatic carbocycles. The fourth-order valence-corrected chi connectivity index (χ4v) is 4.22. The fraction of sp³-hybridized carbons (Fsp3) is 0.385. The van der Waals surface area contributed by atoms with Gasteiger partial charge in [-0.25, -0.2) is 18.8 Å². The molecule has 0 fully saturated rings. The molecule has 2 atom stereocenters. The van der Waals surface area contributed by atoms with E-state index < -0.39 is 59.9 Å². The van der Waals surface area contributed by atoms with Gasteiger partial charge < -0.3 is 31.1 Å². The minimum atomic E-state index is -3.58. The van der Waals surface area contributed by atoms with Crippen LogP contribution in [0.2, 0.25) is 0 Å². The van der Waals surface area contributed by atoms with Crippen molar-refractivity contribution in [1.29, 1.82) is 5.41 Å². The molecule has 1 amide bonds. The lowest BCUT2D eigenvalue weighted by Gasteiger charge is -2.20. The Morgan fingerprint density at radius 3 is 2.14 bits per heavy atom. The summed E-state index contributed by atoms with van der Waals surface area (Å²) in [5, 5.41) is 35.2. The van der Waals surface area contributed by atoms with Gasteiger partial charge in [-0.15, -0.1) is 11.3 Å². The fourth-order valence-electron chi connectivity index (χ4n) is 3.26. The van der Waals surface area contributed by atoms with Gasteiger partial charge in [0.25, 0.3) is 0 Å². The monoisotopic (exact) mass is 617 g/mol. The topological polar surface area (TPSA) is 217 Å². The number of alkyl halides is 2. The van der Waals surface area contributed by atoms with Crippen LogP contribution in [-0.4, -0.2) is 62.9 Å². The van der Waals surface area contributed by atoms with Crippen LogP contribution in [0.1, 0.15) is 53.7 Å². The van der Waals surface area contributed by atoms with Crippen LogP contribution in [0.3, 0.4) is 0 Å². The smallest absolute Gasteiger partial charge is 0.374 e. The van der Waals surface area contributed by atoms with Crippen molar-refractivity contribution in [2.75, 3.05) is 0 Å². The molecule has 1 heterocycles. The Bertz CT molecular complexity index is 1330. The van der Waals surface area contributed by atoms with Gasteiger partial charge in [-0.3, -0.25) is 15.0 Å². The zero-order valence-electron chi connectivity index (χ0n) is 22.7. The highest BCUT2D eigenvalue weighted by molar-refractivity contribution is 7.13. The second kappa shape index (κ2) is 15.5. The summed E-state index contributed by atoms with van der Waals surface area (Å²) in [7, 11) is 0. The number of carbonyl (C=O) groups excluding carboxylic acids is 2. The molecular formula is C26H30F3N3O9S. The Labute approximate surface area is 241 Å². The highest BCUT2D eigenvalue weighted by Crippen LogP contribution is 2.26. The van der Waals surface area contributed by atoms with E-state index in [0.717, 1.165) is 17.4 Å². The van der Waals surface area contributed by atoms with Crippen molar-refractivity contribution in [3.8, 4) is 5.75 Å². The third-order valence-corrected chi connectivity index (χ3v) is 6.34. The highest BCUT2D eigenvalue weighted by atomic mass is 32.1. The number of nitrogens with one attached hydrogen (secondary N) is 2. The summed E-state index contributed by atoms with van der Waals surface area (Å²) in [5.74, 6) is -12.0. The van der Waals surface area contributed by atoms with Crippen molar-refractivity contribution >= 4 is 47.0 Å². The first kappa shape index (κ1) is 35.6. The average Bonchev–Trinajstić information content (AvgIpc) is 3.32. The van der Waals surface area contributed by atoms with Crippen LogP contribution in [0.4, 0.5) is 13.2 Å². The lowest BCUT2D eigenvalue weighted by atomic mass is 9.92. The molecule has 12 nitrogen and oxygen atoms in total. The van der Waals surface area contributed by atoms with E-state index in [4.69, 9.17) is 26.1 Å². The van der Waals surface area contributed by atoms with E-state index in [1.54, 1.807) is 6.07 Å². The number of halogens is 3.